The lowest BCUT2D eigenvalue weighted by molar-refractivity contribution is 0.207. The maximum atomic E-state index is 12.3. The largest absolute Gasteiger partial charge is 0.378 e. The van der Waals surface area contributed by atoms with Crippen molar-refractivity contribution in [1.29, 1.82) is 0 Å². The topological polar surface area (TPSA) is 53.4 Å². The summed E-state index contributed by atoms with van der Waals surface area (Å²) in [4.78, 5) is 16.1. The van der Waals surface area contributed by atoms with Crippen molar-refractivity contribution in [1.82, 2.24) is 20.0 Å². The molecule has 1 heterocycles. The summed E-state index contributed by atoms with van der Waals surface area (Å²) < 4.78 is 1.82. The second-order valence-corrected chi connectivity index (χ2v) is 7.02. The lowest BCUT2D eigenvalue weighted by Gasteiger charge is -2.19. The van der Waals surface area contributed by atoms with Crippen molar-refractivity contribution in [2.24, 2.45) is 0 Å². The van der Waals surface area contributed by atoms with E-state index in [1.807, 2.05) is 50.2 Å². The van der Waals surface area contributed by atoms with Crippen molar-refractivity contribution >= 4 is 11.7 Å². The standard InChI is InChI=1S/C22H27N5O/c1-25(2)20-9-7-19(8-10-20)17-26(3)22(28)23-15-13-18-5-11-21(12-6-18)27-16-4-14-24-27/h4-12,14,16H,13,15,17H2,1-3H3,(H,23,28). The molecule has 6 nitrogen and oxygen atoms in total. The van der Waals surface area contributed by atoms with Crippen LogP contribution in [0.1, 0.15) is 11.1 Å². The quantitative estimate of drug-likeness (QED) is 0.687. The summed E-state index contributed by atoms with van der Waals surface area (Å²) in [6, 6.07) is 18.3. The SMILES string of the molecule is CN(Cc1ccc(N(C)C)cc1)C(=O)NCCc1ccc(-n2cccn2)cc1. The molecule has 0 spiro atoms. The van der Waals surface area contributed by atoms with Crippen molar-refractivity contribution in [3.63, 3.8) is 0 Å². The molecular weight excluding hydrogens is 350 g/mol. The Hall–Kier alpha value is -3.28. The summed E-state index contributed by atoms with van der Waals surface area (Å²) in [5.41, 5.74) is 4.46. The fraction of sp³-hybridized carbons (Fsp3) is 0.273. The fourth-order valence-electron chi connectivity index (χ4n) is 2.93. The van der Waals surface area contributed by atoms with E-state index in [1.165, 1.54) is 5.56 Å². The Morgan fingerprint density at radius 2 is 1.68 bits per heavy atom. The number of benzene rings is 2. The molecule has 0 radical (unpaired) electrons. The third-order valence-corrected chi connectivity index (χ3v) is 4.61. The predicted octanol–water partition coefficient (Wildman–Crippen LogP) is 3.32. The zero-order chi connectivity index (χ0) is 19.9. The molecule has 1 aromatic heterocycles. The van der Waals surface area contributed by atoms with E-state index in [0.29, 0.717) is 13.1 Å². The van der Waals surface area contributed by atoms with E-state index in [1.54, 1.807) is 11.1 Å². The smallest absolute Gasteiger partial charge is 0.317 e. The van der Waals surface area contributed by atoms with Crippen LogP contribution < -0.4 is 10.2 Å². The minimum Gasteiger partial charge on any atom is -0.378 e. The molecular formula is C22H27N5O. The second-order valence-electron chi connectivity index (χ2n) is 7.02. The monoisotopic (exact) mass is 377 g/mol. The van der Waals surface area contributed by atoms with Crippen LogP contribution in [-0.2, 0) is 13.0 Å². The number of amides is 2. The Balaban J connectivity index is 1.44. The zero-order valence-corrected chi connectivity index (χ0v) is 16.7. The van der Waals surface area contributed by atoms with E-state index >= 15 is 0 Å². The Morgan fingerprint density at radius 3 is 2.29 bits per heavy atom. The summed E-state index contributed by atoms with van der Waals surface area (Å²) in [5, 5.41) is 7.20. The summed E-state index contributed by atoms with van der Waals surface area (Å²) >= 11 is 0. The van der Waals surface area contributed by atoms with Crippen LogP contribution in [0.4, 0.5) is 10.5 Å². The number of hydrogen-bond acceptors (Lipinski definition) is 3. The summed E-state index contributed by atoms with van der Waals surface area (Å²) in [7, 11) is 5.84. The number of aromatic nitrogens is 2. The molecule has 0 aliphatic carbocycles. The first-order chi connectivity index (χ1) is 13.5. The molecule has 6 heteroatoms. The molecule has 0 unspecified atom stereocenters. The van der Waals surface area contributed by atoms with Gasteiger partial charge < -0.3 is 15.1 Å². The van der Waals surface area contributed by atoms with Crippen molar-refractivity contribution in [2.75, 3.05) is 32.6 Å². The number of carbonyl (C=O) groups excluding carboxylic acids is 1. The van der Waals surface area contributed by atoms with Gasteiger partial charge in [0.1, 0.15) is 0 Å². The summed E-state index contributed by atoms with van der Waals surface area (Å²) in [5.74, 6) is 0. The third-order valence-electron chi connectivity index (χ3n) is 4.61. The highest BCUT2D eigenvalue weighted by molar-refractivity contribution is 5.73. The first kappa shape index (κ1) is 19.5. The molecule has 3 rings (SSSR count). The number of nitrogens with zero attached hydrogens (tertiary/aromatic N) is 4. The number of rotatable bonds is 7. The summed E-state index contributed by atoms with van der Waals surface area (Å²) in [6.45, 7) is 1.18. The van der Waals surface area contributed by atoms with Crippen LogP contribution in [0.15, 0.2) is 67.0 Å². The number of anilines is 1. The third kappa shape index (κ3) is 5.13. The Morgan fingerprint density at radius 1 is 1.00 bits per heavy atom. The first-order valence-corrected chi connectivity index (χ1v) is 9.37. The van der Waals surface area contributed by atoms with Crippen LogP contribution in [0.3, 0.4) is 0 Å². The Kier molecular flexibility index (Phi) is 6.32. The van der Waals surface area contributed by atoms with E-state index in [2.05, 4.69) is 51.7 Å². The Bertz CT molecular complexity index is 870. The molecule has 0 bridgehead atoms. The van der Waals surface area contributed by atoms with Crippen molar-refractivity contribution in [3.8, 4) is 5.69 Å². The maximum Gasteiger partial charge on any atom is 0.317 e. The molecule has 0 saturated heterocycles. The number of urea groups is 1. The molecule has 2 aromatic carbocycles. The van der Waals surface area contributed by atoms with Gasteiger partial charge in [0.25, 0.3) is 0 Å². The zero-order valence-electron chi connectivity index (χ0n) is 16.7. The van der Waals surface area contributed by atoms with Gasteiger partial charge in [0.15, 0.2) is 0 Å². The van der Waals surface area contributed by atoms with Crippen LogP contribution >= 0.6 is 0 Å². The van der Waals surface area contributed by atoms with Gasteiger partial charge in [0, 0.05) is 52.3 Å². The molecule has 0 atom stereocenters. The van der Waals surface area contributed by atoms with Crippen LogP contribution in [0.25, 0.3) is 5.69 Å². The lowest BCUT2D eigenvalue weighted by atomic mass is 10.1. The van der Waals surface area contributed by atoms with Gasteiger partial charge in [-0.05, 0) is 47.9 Å². The van der Waals surface area contributed by atoms with E-state index in [-0.39, 0.29) is 6.03 Å². The van der Waals surface area contributed by atoms with Gasteiger partial charge in [0.2, 0.25) is 0 Å². The Labute approximate surface area is 166 Å². The minimum atomic E-state index is -0.0650. The van der Waals surface area contributed by atoms with Gasteiger partial charge in [-0.25, -0.2) is 9.48 Å². The molecule has 0 saturated carbocycles. The number of hydrogen-bond donors (Lipinski definition) is 1. The average Bonchev–Trinajstić information content (AvgIpc) is 3.23. The maximum absolute atomic E-state index is 12.3. The van der Waals surface area contributed by atoms with Gasteiger partial charge in [-0.3, -0.25) is 0 Å². The van der Waals surface area contributed by atoms with Gasteiger partial charge in [-0.15, -0.1) is 0 Å². The molecule has 0 aliphatic rings. The van der Waals surface area contributed by atoms with E-state index in [9.17, 15) is 4.79 Å². The van der Waals surface area contributed by atoms with Crippen molar-refractivity contribution in [2.45, 2.75) is 13.0 Å². The highest BCUT2D eigenvalue weighted by Crippen LogP contribution is 2.13. The van der Waals surface area contributed by atoms with Gasteiger partial charge >= 0.3 is 6.03 Å². The van der Waals surface area contributed by atoms with Crippen molar-refractivity contribution < 1.29 is 4.79 Å². The van der Waals surface area contributed by atoms with E-state index in [0.717, 1.165) is 23.4 Å². The molecule has 1 N–H and O–H groups in total. The van der Waals surface area contributed by atoms with Crippen LogP contribution in [0.2, 0.25) is 0 Å². The van der Waals surface area contributed by atoms with E-state index in [4.69, 9.17) is 0 Å². The normalized spacial score (nSPS) is 10.5. The fourth-order valence-corrected chi connectivity index (χ4v) is 2.93. The molecule has 146 valence electrons. The highest BCUT2D eigenvalue weighted by atomic mass is 16.2. The number of carbonyl (C=O) groups is 1. The van der Waals surface area contributed by atoms with Crippen LogP contribution in [0, 0.1) is 0 Å². The summed E-state index contributed by atoms with van der Waals surface area (Å²) in [6.07, 6.45) is 4.46. The molecule has 0 aliphatic heterocycles. The second kappa shape index (κ2) is 9.08. The molecule has 2 amide bonds. The minimum absolute atomic E-state index is 0.0650. The predicted molar refractivity (Wildman–Crippen MR) is 113 cm³/mol. The average molecular weight is 377 g/mol. The van der Waals surface area contributed by atoms with E-state index < -0.39 is 0 Å². The van der Waals surface area contributed by atoms with Gasteiger partial charge in [-0.2, -0.15) is 5.10 Å². The highest BCUT2D eigenvalue weighted by Gasteiger charge is 2.09. The molecule has 3 aromatic rings. The lowest BCUT2D eigenvalue weighted by Crippen LogP contribution is -2.37. The first-order valence-electron chi connectivity index (χ1n) is 9.37. The molecule has 0 fully saturated rings. The molecule has 28 heavy (non-hydrogen) atoms. The van der Waals surface area contributed by atoms with Gasteiger partial charge in [0.05, 0.1) is 5.69 Å². The van der Waals surface area contributed by atoms with Crippen molar-refractivity contribution in [3.05, 3.63) is 78.1 Å². The number of nitrogens with one attached hydrogen (secondary N) is 1. The van der Waals surface area contributed by atoms with Crippen LogP contribution in [0.5, 0.6) is 0 Å². The van der Waals surface area contributed by atoms with Gasteiger partial charge in [-0.1, -0.05) is 24.3 Å². The van der Waals surface area contributed by atoms with Crippen LogP contribution in [-0.4, -0.2) is 48.4 Å².